The summed E-state index contributed by atoms with van der Waals surface area (Å²) in [7, 11) is 0. The first kappa shape index (κ1) is 28.0. The fourth-order valence-corrected chi connectivity index (χ4v) is 8.60. The van der Waals surface area contributed by atoms with Gasteiger partial charge in [0.25, 0.3) is 0 Å². The molecule has 1 saturated carbocycles. The molecule has 0 bridgehead atoms. The highest BCUT2D eigenvalue weighted by atomic mass is 32.2. The molecule has 43 heavy (non-hydrogen) atoms. The number of carbonyl (C=O) groups excluding carboxylic acids is 1. The van der Waals surface area contributed by atoms with E-state index in [1.54, 1.807) is 23.9 Å². The van der Waals surface area contributed by atoms with Crippen molar-refractivity contribution >= 4 is 56.1 Å². The van der Waals surface area contributed by atoms with Crippen LogP contribution in [-0.4, -0.2) is 49.6 Å². The molecule has 0 spiro atoms. The van der Waals surface area contributed by atoms with Gasteiger partial charge in [-0.15, -0.1) is 23.1 Å². The first-order chi connectivity index (χ1) is 20.9. The number of carbonyl (C=O) groups is 2. The maximum absolute atomic E-state index is 14.5. The van der Waals surface area contributed by atoms with Gasteiger partial charge in [0.15, 0.2) is 0 Å². The third-order valence-electron chi connectivity index (χ3n) is 8.58. The molecular formula is C33H29F2N3O3S2. The second-order valence-electron chi connectivity index (χ2n) is 11.2. The summed E-state index contributed by atoms with van der Waals surface area (Å²) >= 11 is 3.02. The molecule has 220 valence electrons. The topological polar surface area (TPSA) is 75.4 Å². The number of benzene rings is 2. The van der Waals surface area contributed by atoms with Crippen LogP contribution in [-0.2, 0) is 11.3 Å². The van der Waals surface area contributed by atoms with Crippen LogP contribution in [0.5, 0.6) is 0 Å². The van der Waals surface area contributed by atoms with Crippen molar-refractivity contribution in [3.8, 4) is 22.5 Å². The molecule has 1 saturated heterocycles. The van der Waals surface area contributed by atoms with E-state index in [9.17, 15) is 23.5 Å². The molecular weight excluding hydrogens is 589 g/mol. The van der Waals surface area contributed by atoms with Gasteiger partial charge in [0.2, 0.25) is 5.91 Å². The number of thiophene rings is 1. The first-order valence-corrected chi connectivity index (χ1v) is 16.5. The van der Waals surface area contributed by atoms with Crippen molar-refractivity contribution < 1.29 is 23.5 Å². The molecule has 2 aromatic carbocycles. The number of thioether (sulfide) groups is 1. The number of aromatic carboxylic acids is 1. The molecule has 6 nitrogen and oxygen atoms in total. The minimum atomic E-state index is -0.968. The summed E-state index contributed by atoms with van der Waals surface area (Å²) in [4.78, 5) is 32.3. The second-order valence-corrected chi connectivity index (χ2v) is 13.3. The third-order valence-corrected chi connectivity index (χ3v) is 10.7. The van der Waals surface area contributed by atoms with Crippen molar-refractivity contribution in [1.29, 1.82) is 0 Å². The lowest BCUT2D eigenvalue weighted by molar-refractivity contribution is -0.130. The molecule has 7 rings (SSSR count). The average Bonchev–Trinajstić information content (AvgIpc) is 3.75. The number of carboxylic acid groups (broad SMARTS) is 1. The molecule has 0 atom stereocenters. The molecule has 1 amide bonds. The normalized spacial score (nSPS) is 16.0. The Bertz CT molecular complexity index is 1870. The summed E-state index contributed by atoms with van der Waals surface area (Å²) in [6.07, 6.45) is 5.41. The maximum Gasteiger partial charge on any atom is 0.345 e. The highest BCUT2D eigenvalue weighted by Crippen LogP contribution is 2.47. The van der Waals surface area contributed by atoms with Gasteiger partial charge in [-0.2, -0.15) is 0 Å². The molecule has 5 aromatic rings. The zero-order valence-corrected chi connectivity index (χ0v) is 24.9. The van der Waals surface area contributed by atoms with Gasteiger partial charge in [-0.05, 0) is 66.3 Å². The number of hydrogen-bond acceptors (Lipinski definition) is 5. The molecule has 0 unspecified atom stereocenters. The fraction of sp³-hybridized carbons (Fsp3) is 0.303. The van der Waals surface area contributed by atoms with E-state index in [4.69, 9.17) is 0 Å². The molecule has 2 aliphatic rings. The largest absolute Gasteiger partial charge is 0.477 e. The Hall–Kier alpha value is -3.76. The van der Waals surface area contributed by atoms with Gasteiger partial charge in [-0.3, -0.25) is 4.79 Å². The van der Waals surface area contributed by atoms with Crippen LogP contribution in [0, 0.1) is 11.6 Å². The number of hydrogen-bond donors (Lipinski definition) is 1. The SMILES string of the molecule is O=C(O)c1cc2c(s1)c(C1CCCCC1)c(-c1ccc3nc(-c4c(F)cccc4F)ccc3c1)n2CC(=O)N1CCSC1. The number of carboxylic acids is 1. The van der Waals surface area contributed by atoms with Crippen LogP contribution in [0.3, 0.4) is 0 Å². The summed E-state index contributed by atoms with van der Waals surface area (Å²) in [5, 5.41) is 10.7. The summed E-state index contributed by atoms with van der Waals surface area (Å²) in [6, 6.07) is 14.7. The van der Waals surface area contributed by atoms with Crippen LogP contribution >= 0.6 is 23.1 Å². The number of amides is 1. The van der Waals surface area contributed by atoms with Crippen LogP contribution in [0.15, 0.2) is 54.6 Å². The van der Waals surface area contributed by atoms with Crippen molar-refractivity contribution in [1.82, 2.24) is 14.5 Å². The Balaban J connectivity index is 1.40. The average molecular weight is 618 g/mol. The second kappa shape index (κ2) is 11.4. The van der Waals surface area contributed by atoms with E-state index in [1.165, 1.54) is 36.0 Å². The highest BCUT2D eigenvalue weighted by molar-refractivity contribution is 7.99. The summed E-state index contributed by atoms with van der Waals surface area (Å²) in [5.74, 6) is -0.466. The minimum absolute atomic E-state index is 0.0143. The van der Waals surface area contributed by atoms with E-state index in [0.29, 0.717) is 17.9 Å². The van der Waals surface area contributed by atoms with Crippen LogP contribution in [0.2, 0.25) is 0 Å². The van der Waals surface area contributed by atoms with E-state index in [2.05, 4.69) is 4.98 Å². The number of nitrogens with zero attached hydrogens (tertiary/aromatic N) is 3. The van der Waals surface area contributed by atoms with E-state index in [0.717, 1.165) is 63.9 Å². The van der Waals surface area contributed by atoms with Gasteiger partial charge in [-0.1, -0.05) is 37.5 Å². The molecule has 0 radical (unpaired) electrons. The Morgan fingerprint density at radius 2 is 1.79 bits per heavy atom. The Morgan fingerprint density at radius 1 is 1.00 bits per heavy atom. The summed E-state index contributed by atoms with van der Waals surface area (Å²) in [6.45, 7) is 0.825. The van der Waals surface area contributed by atoms with Crippen molar-refractivity contribution in [3.63, 3.8) is 0 Å². The zero-order chi connectivity index (χ0) is 29.7. The van der Waals surface area contributed by atoms with Crippen LogP contribution in [0.1, 0.15) is 53.3 Å². The van der Waals surface area contributed by atoms with Crippen molar-refractivity contribution in [3.05, 3.63) is 76.7 Å². The molecule has 1 aliphatic carbocycles. The Kier molecular flexibility index (Phi) is 7.43. The number of rotatable bonds is 6. The molecule has 3 aromatic heterocycles. The van der Waals surface area contributed by atoms with Crippen molar-refractivity contribution in [2.45, 2.75) is 44.6 Å². The van der Waals surface area contributed by atoms with E-state index in [-0.39, 0.29) is 34.5 Å². The Labute approximate surface area is 255 Å². The van der Waals surface area contributed by atoms with E-state index < -0.39 is 17.6 Å². The predicted molar refractivity (Wildman–Crippen MR) is 168 cm³/mol. The van der Waals surface area contributed by atoms with E-state index in [1.807, 2.05) is 33.7 Å². The highest BCUT2D eigenvalue weighted by Gasteiger charge is 2.31. The summed E-state index contributed by atoms with van der Waals surface area (Å²) in [5.41, 5.74) is 4.41. The van der Waals surface area contributed by atoms with Gasteiger partial charge in [0.1, 0.15) is 23.1 Å². The molecule has 1 aliphatic heterocycles. The van der Waals surface area contributed by atoms with Crippen LogP contribution < -0.4 is 0 Å². The number of fused-ring (bicyclic) bond motifs is 2. The lowest BCUT2D eigenvalue weighted by atomic mass is 9.83. The smallest absolute Gasteiger partial charge is 0.345 e. The van der Waals surface area contributed by atoms with Gasteiger partial charge in [0, 0.05) is 17.7 Å². The van der Waals surface area contributed by atoms with Gasteiger partial charge in [0.05, 0.1) is 38.6 Å². The molecule has 2 fully saturated rings. The van der Waals surface area contributed by atoms with Crippen LogP contribution in [0.4, 0.5) is 8.78 Å². The van der Waals surface area contributed by atoms with Gasteiger partial charge in [-0.25, -0.2) is 18.6 Å². The lowest BCUT2D eigenvalue weighted by Gasteiger charge is -2.24. The number of pyridine rings is 1. The van der Waals surface area contributed by atoms with Crippen molar-refractivity contribution in [2.75, 3.05) is 18.2 Å². The van der Waals surface area contributed by atoms with Crippen molar-refractivity contribution in [2.24, 2.45) is 0 Å². The molecule has 4 heterocycles. The molecule has 10 heteroatoms. The van der Waals surface area contributed by atoms with Gasteiger partial charge < -0.3 is 14.6 Å². The standard InChI is InChI=1S/C33H29F2N3O3S2/c34-22-7-4-8-23(35)30(22)25-12-9-20-15-21(10-11-24(20)36-25)31-29(19-5-2-1-3-6-19)32-26(16-27(43-32)33(40)41)38(31)17-28(39)37-13-14-42-18-37/h4,7-12,15-16,19H,1-3,5-6,13-14,17-18H2,(H,40,41). The summed E-state index contributed by atoms with van der Waals surface area (Å²) < 4.78 is 32.0. The minimum Gasteiger partial charge on any atom is -0.477 e. The van der Waals surface area contributed by atoms with Gasteiger partial charge >= 0.3 is 5.97 Å². The number of halogens is 2. The monoisotopic (exact) mass is 617 g/mol. The number of aromatic nitrogens is 2. The van der Waals surface area contributed by atoms with E-state index >= 15 is 0 Å². The predicted octanol–water partition coefficient (Wildman–Crippen LogP) is 8.14. The Morgan fingerprint density at radius 3 is 2.51 bits per heavy atom. The maximum atomic E-state index is 14.5. The van der Waals surface area contributed by atoms with Crippen LogP contribution in [0.25, 0.3) is 43.6 Å². The third kappa shape index (κ3) is 5.10. The lowest BCUT2D eigenvalue weighted by Crippen LogP contribution is -2.31. The zero-order valence-electron chi connectivity index (χ0n) is 23.3. The fourth-order valence-electron chi connectivity index (χ4n) is 6.50. The quantitative estimate of drug-likeness (QED) is 0.208. The molecule has 1 N–H and O–H groups in total. The first-order valence-electron chi connectivity index (χ1n) is 14.5.